The van der Waals surface area contributed by atoms with Crippen LogP contribution < -0.4 is 5.32 Å². The Morgan fingerprint density at radius 1 is 1.56 bits per heavy atom. The largest absolute Gasteiger partial charge is 0.377 e. The van der Waals surface area contributed by atoms with E-state index in [1.807, 2.05) is 13.8 Å². The number of nitro benzene ring substituents is 1. The standard InChI is InChI=1S/C11H14ClFN2O3/c1-11(2,18-3)6-14-9-4-7(12)8(13)5-10(9)15(16)17/h4-5,14H,6H2,1-3H3. The van der Waals surface area contributed by atoms with Gasteiger partial charge in [-0.2, -0.15) is 0 Å². The molecule has 0 aliphatic carbocycles. The van der Waals surface area contributed by atoms with Gasteiger partial charge in [-0.25, -0.2) is 4.39 Å². The zero-order chi connectivity index (χ0) is 13.9. The van der Waals surface area contributed by atoms with Crippen LogP contribution in [0.15, 0.2) is 12.1 Å². The third kappa shape index (κ3) is 3.54. The molecule has 0 aliphatic rings. The lowest BCUT2D eigenvalue weighted by molar-refractivity contribution is -0.384. The number of nitrogens with zero attached hydrogens (tertiary/aromatic N) is 1. The minimum absolute atomic E-state index is 0.163. The molecule has 1 aromatic rings. The molecule has 100 valence electrons. The molecule has 0 radical (unpaired) electrons. The van der Waals surface area contributed by atoms with E-state index in [-0.39, 0.29) is 16.4 Å². The Hall–Kier alpha value is -1.40. The highest BCUT2D eigenvalue weighted by Gasteiger charge is 2.21. The molecule has 7 heteroatoms. The van der Waals surface area contributed by atoms with Gasteiger partial charge in [0, 0.05) is 13.7 Å². The first-order chi connectivity index (χ1) is 8.26. The Bertz CT molecular complexity index is 466. The molecule has 5 nitrogen and oxygen atoms in total. The number of anilines is 1. The highest BCUT2D eigenvalue weighted by atomic mass is 35.5. The topological polar surface area (TPSA) is 64.4 Å². The Morgan fingerprint density at radius 2 is 2.17 bits per heavy atom. The molecule has 0 spiro atoms. The zero-order valence-electron chi connectivity index (χ0n) is 10.3. The lowest BCUT2D eigenvalue weighted by atomic mass is 10.1. The van der Waals surface area contributed by atoms with E-state index < -0.39 is 16.3 Å². The number of rotatable bonds is 5. The fourth-order valence-corrected chi connectivity index (χ4v) is 1.37. The molecule has 0 amide bonds. The van der Waals surface area contributed by atoms with Gasteiger partial charge in [0.05, 0.1) is 21.6 Å². The van der Waals surface area contributed by atoms with Gasteiger partial charge in [-0.3, -0.25) is 10.1 Å². The van der Waals surface area contributed by atoms with Crippen LogP contribution in [0, 0.1) is 15.9 Å². The van der Waals surface area contributed by atoms with Gasteiger partial charge in [-0.1, -0.05) is 11.6 Å². The van der Waals surface area contributed by atoms with Gasteiger partial charge in [0.25, 0.3) is 5.69 Å². The van der Waals surface area contributed by atoms with Crippen LogP contribution in [0.4, 0.5) is 15.8 Å². The number of hydrogen-bond donors (Lipinski definition) is 1. The summed E-state index contributed by atoms with van der Waals surface area (Å²) >= 11 is 5.61. The highest BCUT2D eigenvalue weighted by Crippen LogP contribution is 2.30. The molecule has 0 aromatic heterocycles. The highest BCUT2D eigenvalue weighted by molar-refractivity contribution is 6.31. The van der Waals surface area contributed by atoms with E-state index in [9.17, 15) is 14.5 Å². The average molecular weight is 277 g/mol. The third-order valence-corrected chi connectivity index (χ3v) is 2.78. The van der Waals surface area contributed by atoms with Crippen LogP contribution in [-0.4, -0.2) is 24.2 Å². The quantitative estimate of drug-likeness (QED) is 0.662. The van der Waals surface area contributed by atoms with E-state index >= 15 is 0 Å². The van der Waals surface area contributed by atoms with E-state index in [0.717, 1.165) is 6.07 Å². The number of nitrogens with one attached hydrogen (secondary N) is 1. The van der Waals surface area contributed by atoms with Crippen LogP contribution >= 0.6 is 11.6 Å². The molecule has 0 fully saturated rings. The number of halogens is 2. The van der Waals surface area contributed by atoms with E-state index in [1.165, 1.54) is 13.2 Å². The molecule has 0 bridgehead atoms. The normalized spacial score (nSPS) is 11.4. The van der Waals surface area contributed by atoms with Crippen LogP contribution in [0.1, 0.15) is 13.8 Å². The lowest BCUT2D eigenvalue weighted by Crippen LogP contribution is -2.32. The van der Waals surface area contributed by atoms with Crippen LogP contribution in [0.25, 0.3) is 0 Å². The number of benzene rings is 1. The number of nitro groups is 1. The summed E-state index contributed by atoms with van der Waals surface area (Å²) in [6.07, 6.45) is 0. The van der Waals surface area contributed by atoms with Crippen molar-refractivity contribution in [2.24, 2.45) is 0 Å². The van der Waals surface area contributed by atoms with Gasteiger partial charge >= 0.3 is 0 Å². The van der Waals surface area contributed by atoms with E-state index in [4.69, 9.17) is 16.3 Å². The van der Waals surface area contributed by atoms with Gasteiger partial charge in [0.15, 0.2) is 0 Å². The predicted octanol–water partition coefficient (Wildman–Crippen LogP) is 3.22. The molecule has 1 aromatic carbocycles. The molecule has 0 saturated carbocycles. The fraction of sp³-hybridized carbons (Fsp3) is 0.455. The second kappa shape index (κ2) is 5.49. The molecule has 0 unspecified atom stereocenters. The van der Waals surface area contributed by atoms with Crippen molar-refractivity contribution < 1.29 is 14.1 Å². The summed E-state index contributed by atoms with van der Waals surface area (Å²) in [6, 6.07) is 1.99. The molecular weight excluding hydrogens is 263 g/mol. The molecule has 1 rings (SSSR count). The van der Waals surface area contributed by atoms with E-state index in [0.29, 0.717) is 6.54 Å². The second-order valence-corrected chi connectivity index (χ2v) is 4.77. The molecule has 1 N–H and O–H groups in total. The van der Waals surface area contributed by atoms with Crippen molar-refractivity contribution in [3.05, 3.63) is 33.1 Å². The first kappa shape index (κ1) is 14.7. The molecule has 18 heavy (non-hydrogen) atoms. The minimum atomic E-state index is -0.820. The summed E-state index contributed by atoms with van der Waals surface area (Å²) in [7, 11) is 1.54. The average Bonchev–Trinajstić information content (AvgIpc) is 2.30. The van der Waals surface area contributed by atoms with Crippen LogP contribution in [-0.2, 0) is 4.74 Å². The van der Waals surface area contributed by atoms with Crippen molar-refractivity contribution in [1.29, 1.82) is 0 Å². The van der Waals surface area contributed by atoms with Crippen LogP contribution in [0.5, 0.6) is 0 Å². The van der Waals surface area contributed by atoms with E-state index in [1.54, 1.807) is 0 Å². The monoisotopic (exact) mass is 276 g/mol. The Balaban J connectivity index is 3.01. The zero-order valence-corrected chi connectivity index (χ0v) is 11.0. The summed E-state index contributed by atoms with van der Waals surface area (Å²) in [5, 5.41) is 13.5. The van der Waals surface area contributed by atoms with Crippen molar-refractivity contribution in [2.75, 3.05) is 19.0 Å². The summed E-state index contributed by atoms with van der Waals surface area (Å²) < 4.78 is 18.3. The minimum Gasteiger partial charge on any atom is -0.377 e. The third-order valence-electron chi connectivity index (χ3n) is 2.49. The number of ether oxygens (including phenoxy) is 1. The van der Waals surface area contributed by atoms with Crippen molar-refractivity contribution in [3.63, 3.8) is 0 Å². The number of hydrogen-bond acceptors (Lipinski definition) is 4. The first-order valence-corrected chi connectivity index (χ1v) is 5.57. The van der Waals surface area contributed by atoms with Crippen molar-refractivity contribution in [2.45, 2.75) is 19.4 Å². The number of methoxy groups -OCH3 is 1. The second-order valence-electron chi connectivity index (χ2n) is 4.36. The summed E-state index contributed by atoms with van der Waals surface area (Å²) in [6.45, 7) is 3.96. The maximum absolute atomic E-state index is 13.2. The van der Waals surface area contributed by atoms with Gasteiger partial charge < -0.3 is 10.1 Å². The predicted molar refractivity (Wildman–Crippen MR) is 67.6 cm³/mol. The van der Waals surface area contributed by atoms with Gasteiger partial charge in [0.2, 0.25) is 0 Å². The SMILES string of the molecule is COC(C)(C)CNc1cc(Cl)c(F)cc1[N+](=O)[O-]. The summed E-state index contributed by atoms with van der Waals surface area (Å²) in [4.78, 5) is 10.1. The summed E-state index contributed by atoms with van der Waals surface area (Å²) in [5.41, 5.74) is -0.699. The fourth-order valence-electron chi connectivity index (χ4n) is 1.21. The van der Waals surface area contributed by atoms with Gasteiger partial charge in [-0.05, 0) is 19.9 Å². The molecular formula is C11H14ClFN2O3. The first-order valence-electron chi connectivity index (χ1n) is 5.19. The molecule has 0 aliphatic heterocycles. The molecule has 0 heterocycles. The Morgan fingerprint density at radius 3 is 2.67 bits per heavy atom. The molecule has 0 saturated heterocycles. The molecule has 0 atom stereocenters. The maximum atomic E-state index is 13.2. The summed E-state index contributed by atoms with van der Waals surface area (Å²) in [5.74, 6) is -0.820. The van der Waals surface area contributed by atoms with Crippen molar-refractivity contribution in [3.8, 4) is 0 Å². The van der Waals surface area contributed by atoms with Crippen molar-refractivity contribution >= 4 is 23.0 Å². The van der Waals surface area contributed by atoms with Crippen LogP contribution in [0.2, 0.25) is 5.02 Å². The smallest absolute Gasteiger partial charge is 0.295 e. The van der Waals surface area contributed by atoms with Crippen molar-refractivity contribution in [1.82, 2.24) is 0 Å². The van der Waals surface area contributed by atoms with Crippen LogP contribution in [0.3, 0.4) is 0 Å². The maximum Gasteiger partial charge on any atom is 0.295 e. The van der Waals surface area contributed by atoms with Gasteiger partial charge in [0.1, 0.15) is 11.5 Å². The Labute approximate surface area is 109 Å². The van der Waals surface area contributed by atoms with Gasteiger partial charge in [-0.15, -0.1) is 0 Å². The van der Waals surface area contributed by atoms with E-state index in [2.05, 4.69) is 5.32 Å². The lowest BCUT2D eigenvalue weighted by Gasteiger charge is -2.23. The Kier molecular flexibility index (Phi) is 4.48.